The van der Waals surface area contributed by atoms with Gasteiger partial charge in [0.2, 0.25) is 5.91 Å². The highest BCUT2D eigenvalue weighted by atomic mass is 35.5. The number of anilines is 1. The fraction of sp³-hybridized carbons (Fsp3) is 0.444. The number of carbonyl (C=O) groups is 1. The zero-order chi connectivity index (χ0) is 12.3. The van der Waals surface area contributed by atoms with Crippen LogP contribution in [0.1, 0.15) is 5.69 Å². The first kappa shape index (κ1) is 12.5. The van der Waals surface area contributed by atoms with Crippen molar-refractivity contribution < 1.29 is 4.79 Å². The molecule has 6 nitrogen and oxygen atoms in total. The Hall–Kier alpha value is -1.56. The Morgan fingerprint density at radius 2 is 2.12 bits per heavy atom. The topological polar surface area (TPSA) is 76.0 Å². The van der Waals surface area contributed by atoms with Gasteiger partial charge in [-0.05, 0) is 6.92 Å². The summed E-state index contributed by atoms with van der Waals surface area (Å²) in [5.74, 6) is -0.144. The van der Waals surface area contributed by atoms with E-state index in [0.717, 1.165) is 0 Å². The number of carbonyl (C=O) groups excluding carboxylic acids is 1. The smallest absolute Gasteiger partial charge is 0.294 e. The van der Waals surface area contributed by atoms with Crippen molar-refractivity contribution >= 4 is 23.3 Å². The maximum Gasteiger partial charge on any atom is 0.294 e. The van der Waals surface area contributed by atoms with Gasteiger partial charge in [0.1, 0.15) is 6.54 Å². The molecule has 0 spiro atoms. The second kappa shape index (κ2) is 4.98. The normalized spacial score (nSPS) is 10.0. The van der Waals surface area contributed by atoms with Crippen LogP contribution in [-0.4, -0.2) is 29.6 Å². The number of hydrogen-bond acceptors (Lipinski definition) is 4. The number of aromatic nitrogens is 2. The molecule has 7 heteroatoms. The summed E-state index contributed by atoms with van der Waals surface area (Å²) >= 11 is 5.85. The Bertz CT molecular complexity index is 469. The monoisotopic (exact) mass is 244 g/mol. The van der Waals surface area contributed by atoms with Gasteiger partial charge in [0.05, 0.1) is 5.69 Å². The number of nitrogens with zero attached hydrogens (tertiary/aromatic N) is 2. The SMILES string of the molecule is CNC(=O)Cn1c(C)c(Cl)nc(NC)c1=O. The molecule has 0 saturated carbocycles. The van der Waals surface area contributed by atoms with E-state index in [4.69, 9.17) is 11.6 Å². The summed E-state index contributed by atoms with van der Waals surface area (Å²) in [5.41, 5.74) is 0.0993. The van der Waals surface area contributed by atoms with Crippen LogP contribution in [0.15, 0.2) is 4.79 Å². The maximum absolute atomic E-state index is 11.8. The molecule has 1 heterocycles. The van der Waals surface area contributed by atoms with Crippen molar-refractivity contribution in [2.75, 3.05) is 19.4 Å². The molecule has 0 unspecified atom stereocenters. The lowest BCUT2D eigenvalue weighted by Gasteiger charge is -2.11. The first-order valence-electron chi connectivity index (χ1n) is 4.66. The molecule has 0 radical (unpaired) electrons. The van der Waals surface area contributed by atoms with Gasteiger partial charge >= 0.3 is 0 Å². The second-order valence-electron chi connectivity index (χ2n) is 3.15. The van der Waals surface area contributed by atoms with Gasteiger partial charge in [0, 0.05) is 14.1 Å². The lowest BCUT2D eigenvalue weighted by atomic mass is 10.4. The van der Waals surface area contributed by atoms with E-state index in [1.54, 1.807) is 14.0 Å². The Kier molecular flexibility index (Phi) is 3.89. The minimum Gasteiger partial charge on any atom is -0.369 e. The van der Waals surface area contributed by atoms with Crippen molar-refractivity contribution in [1.29, 1.82) is 0 Å². The molecule has 16 heavy (non-hydrogen) atoms. The number of halogens is 1. The molecular weight excluding hydrogens is 232 g/mol. The first-order valence-corrected chi connectivity index (χ1v) is 5.04. The number of nitrogens with one attached hydrogen (secondary N) is 2. The number of hydrogen-bond donors (Lipinski definition) is 2. The average Bonchev–Trinajstić information content (AvgIpc) is 2.28. The van der Waals surface area contributed by atoms with E-state index in [0.29, 0.717) is 5.69 Å². The van der Waals surface area contributed by atoms with Gasteiger partial charge in [0.25, 0.3) is 5.56 Å². The summed E-state index contributed by atoms with van der Waals surface area (Å²) in [6, 6.07) is 0. The molecular formula is C9H13ClN4O2. The van der Waals surface area contributed by atoms with Crippen LogP contribution < -0.4 is 16.2 Å². The zero-order valence-corrected chi connectivity index (χ0v) is 10.1. The molecule has 0 aromatic carbocycles. The van der Waals surface area contributed by atoms with Crippen LogP contribution in [0.4, 0.5) is 5.82 Å². The largest absolute Gasteiger partial charge is 0.369 e. The van der Waals surface area contributed by atoms with E-state index in [-0.39, 0.29) is 29.0 Å². The van der Waals surface area contributed by atoms with Crippen molar-refractivity contribution in [3.8, 4) is 0 Å². The van der Waals surface area contributed by atoms with Gasteiger partial charge in [-0.2, -0.15) is 0 Å². The highest BCUT2D eigenvalue weighted by Crippen LogP contribution is 2.11. The van der Waals surface area contributed by atoms with Gasteiger partial charge in [-0.15, -0.1) is 0 Å². The number of amides is 1. The Morgan fingerprint density at radius 3 is 2.62 bits per heavy atom. The van der Waals surface area contributed by atoms with Crippen molar-refractivity contribution in [3.05, 3.63) is 21.2 Å². The molecule has 1 amide bonds. The summed E-state index contributed by atoms with van der Waals surface area (Å²) in [5, 5.41) is 5.28. The Morgan fingerprint density at radius 1 is 1.50 bits per heavy atom. The van der Waals surface area contributed by atoms with Crippen LogP contribution in [-0.2, 0) is 11.3 Å². The molecule has 1 rings (SSSR count). The summed E-state index contributed by atoms with van der Waals surface area (Å²) in [6.07, 6.45) is 0. The van der Waals surface area contributed by atoms with Crippen LogP contribution in [0.5, 0.6) is 0 Å². The maximum atomic E-state index is 11.8. The van der Waals surface area contributed by atoms with E-state index in [1.807, 2.05) is 0 Å². The van der Waals surface area contributed by atoms with Crippen molar-refractivity contribution in [1.82, 2.24) is 14.9 Å². The van der Waals surface area contributed by atoms with Gasteiger partial charge in [-0.1, -0.05) is 11.6 Å². The summed E-state index contributed by atoms with van der Waals surface area (Å²) in [7, 11) is 3.07. The number of likely N-dealkylation sites (N-methyl/N-ethyl adjacent to an activating group) is 1. The van der Waals surface area contributed by atoms with E-state index in [1.165, 1.54) is 11.6 Å². The van der Waals surface area contributed by atoms with E-state index in [9.17, 15) is 9.59 Å². The molecule has 0 aliphatic carbocycles. The molecule has 2 N–H and O–H groups in total. The third-order valence-electron chi connectivity index (χ3n) is 2.18. The van der Waals surface area contributed by atoms with Crippen molar-refractivity contribution in [3.63, 3.8) is 0 Å². The molecule has 0 aliphatic rings. The molecule has 1 aromatic rings. The van der Waals surface area contributed by atoms with Gasteiger partial charge in [0.15, 0.2) is 11.0 Å². The molecule has 0 bridgehead atoms. The van der Waals surface area contributed by atoms with Crippen LogP contribution >= 0.6 is 11.6 Å². The quantitative estimate of drug-likeness (QED) is 0.784. The van der Waals surface area contributed by atoms with Gasteiger partial charge < -0.3 is 10.6 Å². The zero-order valence-electron chi connectivity index (χ0n) is 9.30. The highest BCUT2D eigenvalue weighted by molar-refractivity contribution is 6.30. The lowest BCUT2D eigenvalue weighted by molar-refractivity contribution is -0.121. The summed E-state index contributed by atoms with van der Waals surface area (Å²) in [6.45, 7) is 1.57. The molecule has 0 saturated heterocycles. The second-order valence-corrected chi connectivity index (χ2v) is 3.51. The Labute approximate surface area is 97.6 Å². The fourth-order valence-electron chi connectivity index (χ4n) is 1.19. The van der Waals surface area contributed by atoms with Crippen molar-refractivity contribution in [2.45, 2.75) is 13.5 Å². The molecule has 88 valence electrons. The predicted molar refractivity (Wildman–Crippen MR) is 61.9 cm³/mol. The van der Waals surface area contributed by atoms with Crippen LogP contribution in [0.25, 0.3) is 0 Å². The molecule has 1 aromatic heterocycles. The van der Waals surface area contributed by atoms with Gasteiger partial charge in [-0.25, -0.2) is 4.98 Å². The highest BCUT2D eigenvalue weighted by Gasteiger charge is 2.13. The average molecular weight is 245 g/mol. The van der Waals surface area contributed by atoms with Crippen LogP contribution in [0.2, 0.25) is 5.15 Å². The standard InChI is InChI=1S/C9H13ClN4O2/c1-5-7(10)13-8(12-3)9(16)14(5)4-6(15)11-2/h4H2,1-3H3,(H,11,15)(H,12,13). The minimum absolute atomic E-state index is 0.0713. The third-order valence-corrected chi connectivity index (χ3v) is 2.54. The minimum atomic E-state index is -0.368. The fourth-order valence-corrected chi connectivity index (χ4v) is 1.38. The first-order chi connectivity index (χ1) is 7.51. The van der Waals surface area contributed by atoms with Crippen LogP contribution in [0.3, 0.4) is 0 Å². The van der Waals surface area contributed by atoms with E-state index >= 15 is 0 Å². The summed E-state index contributed by atoms with van der Waals surface area (Å²) in [4.78, 5) is 26.9. The lowest BCUT2D eigenvalue weighted by Crippen LogP contribution is -2.33. The van der Waals surface area contributed by atoms with Gasteiger partial charge in [-0.3, -0.25) is 14.2 Å². The van der Waals surface area contributed by atoms with Crippen LogP contribution in [0, 0.1) is 6.92 Å². The predicted octanol–water partition coefficient (Wildman–Crippen LogP) is -0.00718. The molecule has 0 atom stereocenters. The molecule has 0 aliphatic heterocycles. The Balaban J connectivity index is 3.30. The number of rotatable bonds is 3. The van der Waals surface area contributed by atoms with Crippen molar-refractivity contribution in [2.24, 2.45) is 0 Å². The van der Waals surface area contributed by atoms with E-state index in [2.05, 4.69) is 15.6 Å². The third kappa shape index (κ3) is 2.33. The van der Waals surface area contributed by atoms with E-state index < -0.39 is 0 Å². The molecule has 0 fully saturated rings. The summed E-state index contributed by atoms with van der Waals surface area (Å²) < 4.78 is 1.28.